The van der Waals surface area contributed by atoms with Crippen molar-refractivity contribution in [3.05, 3.63) is 90.4 Å². The predicted octanol–water partition coefficient (Wildman–Crippen LogP) is 3.72. The van der Waals surface area contributed by atoms with Crippen molar-refractivity contribution >= 4 is 17.4 Å². The van der Waals surface area contributed by atoms with Crippen molar-refractivity contribution in [2.75, 3.05) is 36.4 Å². The number of anilines is 2. The number of rotatable bonds is 5. The van der Waals surface area contributed by atoms with Gasteiger partial charge in [0, 0.05) is 38.1 Å². The summed E-state index contributed by atoms with van der Waals surface area (Å²) in [6, 6.07) is 21.1. The highest BCUT2D eigenvalue weighted by atomic mass is 19.1. The molecule has 0 unspecified atom stereocenters. The first-order valence-corrected chi connectivity index (χ1v) is 9.72. The highest BCUT2D eigenvalue weighted by Gasteiger charge is 2.30. The van der Waals surface area contributed by atoms with Crippen molar-refractivity contribution in [1.29, 1.82) is 0 Å². The summed E-state index contributed by atoms with van der Waals surface area (Å²) in [5.74, 6) is 0.515. The summed E-state index contributed by atoms with van der Waals surface area (Å²) in [7, 11) is 0. The summed E-state index contributed by atoms with van der Waals surface area (Å²) in [5, 5.41) is 2.93. The Bertz CT molecular complexity index is 926. The van der Waals surface area contributed by atoms with Gasteiger partial charge in [-0.15, -0.1) is 0 Å². The van der Waals surface area contributed by atoms with Crippen LogP contribution in [0.25, 0.3) is 0 Å². The maximum Gasteiger partial charge on any atom is 0.246 e. The van der Waals surface area contributed by atoms with Gasteiger partial charge in [0.05, 0.1) is 0 Å². The van der Waals surface area contributed by atoms with Crippen molar-refractivity contribution in [3.8, 4) is 0 Å². The molecule has 0 saturated carbocycles. The fourth-order valence-corrected chi connectivity index (χ4v) is 3.66. The first kappa shape index (κ1) is 19.1. The molecule has 1 fully saturated rings. The standard InChI is InChI=1S/C23H23FN4O/c24-19-9-11-20(12-10-19)26-23(29)22(18-6-2-1-3-7-18)28-16-14-27(15-17-28)21-8-4-5-13-25-21/h1-13,22H,14-17H2,(H,26,29)/t22-/m0/s1. The van der Waals surface area contributed by atoms with Gasteiger partial charge in [-0.05, 0) is 42.0 Å². The lowest BCUT2D eigenvalue weighted by atomic mass is 10.0. The highest BCUT2D eigenvalue weighted by Crippen LogP contribution is 2.25. The molecule has 2 aromatic carbocycles. The second kappa shape index (κ2) is 8.84. The van der Waals surface area contributed by atoms with Gasteiger partial charge in [-0.25, -0.2) is 9.37 Å². The van der Waals surface area contributed by atoms with Crippen LogP contribution in [-0.4, -0.2) is 42.0 Å². The molecule has 0 spiro atoms. The van der Waals surface area contributed by atoms with E-state index in [-0.39, 0.29) is 11.7 Å². The van der Waals surface area contributed by atoms with Crippen LogP contribution in [0.3, 0.4) is 0 Å². The summed E-state index contributed by atoms with van der Waals surface area (Å²) in [5.41, 5.74) is 1.53. The van der Waals surface area contributed by atoms with Crippen molar-refractivity contribution < 1.29 is 9.18 Å². The van der Waals surface area contributed by atoms with Crippen LogP contribution in [0.4, 0.5) is 15.9 Å². The second-order valence-electron chi connectivity index (χ2n) is 7.02. The summed E-state index contributed by atoms with van der Waals surface area (Å²) < 4.78 is 13.2. The smallest absolute Gasteiger partial charge is 0.246 e. The second-order valence-corrected chi connectivity index (χ2v) is 7.02. The van der Waals surface area contributed by atoms with E-state index in [1.807, 2.05) is 48.5 Å². The summed E-state index contributed by atoms with van der Waals surface area (Å²) >= 11 is 0. The zero-order valence-corrected chi connectivity index (χ0v) is 16.0. The van der Waals surface area contributed by atoms with Crippen LogP contribution in [0, 0.1) is 5.82 Å². The lowest BCUT2D eigenvalue weighted by Crippen LogP contribution is -2.50. The first-order valence-electron chi connectivity index (χ1n) is 9.72. The number of amides is 1. The summed E-state index contributed by atoms with van der Waals surface area (Å²) in [4.78, 5) is 22.0. The number of aromatic nitrogens is 1. The third-order valence-corrected chi connectivity index (χ3v) is 5.13. The van der Waals surface area contributed by atoms with Crippen molar-refractivity contribution in [2.24, 2.45) is 0 Å². The topological polar surface area (TPSA) is 48.5 Å². The molecule has 2 heterocycles. The number of benzene rings is 2. The number of piperazine rings is 1. The average molecular weight is 390 g/mol. The molecule has 1 saturated heterocycles. The molecule has 1 atom stereocenters. The number of nitrogens with one attached hydrogen (secondary N) is 1. The van der Waals surface area contributed by atoms with Crippen LogP contribution < -0.4 is 10.2 Å². The zero-order chi connectivity index (χ0) is 20.1. The lowest BCUT2D eigenvalue weighted by molar-refractivity contribution is -0.121. The molecule has 6 heteroatoms. The molecule has 1 amide bonds. The van der Waals surface area contributed by atoms with Crippen molar-refractivity contribution in [2.45, 2.75) is 6.04 Å². The minimum atomic E-state index is -0.410. The Morgan fingerprint density at radius 3 is 2.24 bits per heavy atom. The zero-order valence-electron chi connectivity index (χ0n) is 16.0. The number of carbonyl (C=O) groups excluding carboxylic acids is 1. The fourth-order valence-electron chi connectivity index (χ4n) is 3.66. The molecule has 5 nitrogen and oxygen atoms in total. The van der Waals surface area contributed by atoms with Crippen LogP contribution in [0.5, 0.6) is 0 Å². The third-order valence-electron chi connectivity index (χ3n) is 5.13. The van der Waals surface area contributed by atoms with Gasteiger partial charge in [-0.2, -0.15) is 0 Å². The lowest BCUT2D eigenvalue weighted by Gasteiger charge is -2.39. The van der Waals surface area contributed by atoms with Crippen LogP contribution in [0.2, 0.25) is 0 Å². The highest BCUT2D eigenvalue weighted by molar-refractivity contribution is 5.95. The van der Waals surface area contributed by atoms with Gasteiger partial charge in [-0.1, -0.05) is 36.4 Å². The molecule has 0 aliphatic carbocycles. The Balaban J connectivity index is 1.51. The largest absolute Gasteiger partial charge is 0.354 e. The Labute approximate surface area is 169 Å². The van der Waals surface area contributed by atoms with Gasteiger partial charge < -0.3 is 10.2 Å². The van der Waals surface area contributed by atoms with Crippen LogP contribution in [0.15, 0.2) is 79.0 Å². The van der Waals surface area contributed by atoms with Gasteiger partial charge >= 0.3 is 0 Å². The van der Waals surface area contributed by atoms with Crippen LogP contribution >= 0.6 is 0 Å². The minimum Gasteiger partial charge on any atom is -0.354 e. The van der Waals surface area contributed by atoms with E-state index in [4.69, 9.17) is 0 Å². The molecule has 1 aliphatic heterocycles. The van der Waals surface area contributed by atoms with E-state index in [1.54, 1.807) is 18.3 Å². The molecular formula is C23H23FN4O. The Hall–Kier alpha value is -3.25. The van der Waals surface area contributed by atoms with E-state index in [9.17, 15) is 9.18 Å². The number of hydrogen-bond donors (Lipinski definition) is 1. The number of hydrogen-bond acceptors (Lipinski definition) is 4. The van der Waals surface area contributed by atoms with Crippen molar-refractivity contribution in [1.82, 2.24) is 9.88 Å². The molecule has 0 bridgehead atoms. The molecule has 1 aromatic heterocycles. The van der Waals surface area contributed by atoms with Gasteiger partial charge in [0.2, 0.25) is 5.91 Å². The van der Waals surface area contributed by atoms with Gasteiger partial charge in [-0.3, -0.25) is 9.69 Å². The number of carbonyl (C=O) groups is 1. The monoisotopic (exact) mass is 390 g/mol. The minimum absolute atomic E-state index is 0.117. The fraction of sp³-hybridized carbons (Fsp3) is 0.217. The quantitative estimate of drug-likeness (QED) is 0.721. The molecule has 4 rings (SSSR count). The number of pyridine rings is 1. The van der Waals surface area contributed by atoms with E-state index < -0.39 is 6.04 Å². The van der Waals surface area contributed by atoms with E-state index in [0.29, 0.717) is 5.69 Å². The maximum atomic E-state index is 13.2. The molecule has 29 heavy (non-hydrogen) atoms. The number of nitrogens with zero attached hydrogens (tertiary/aromatic N) is 3. The maximum absolute atomic E-state index is 13.2. The molecule has 148 valence electrons. The van der Waals surface area contributed by atoms with Gasteiger partial charge in [0.1, 0.15) is 17.7 Å². The van der Waals surface area contributed by atoms with E-state index >= 15 is 0 Å². The van der Waals surface area contributed by atoms with E-state index in [0.717, 1.165) is 37.6 Å². The number of halogens is 1. The normalized spacial score (nSPS) is 15.7. The van der Waals surface area contributed by atoms with Crippen LogP contribution in [-0.2, 0) is 4.79 Å². The molecule has 1 aliphatic rings. The molecule has 3 aromatic rings. The average Bonchev–Trinajstić information content (AvgIpc) is 2.77. The first-order chi connectivity index (χ1) is 14.2. The molecule has 1 N–H and O–H groups in total. The summed E-state index contributed by atoms with van der Waals surface area (Å²) in [6.07, 6.45) is 1.80. The van der Waals surface area contributed by atoms with E-state index in [1.165, 1.54) is 12.1 Å². The Kier molecular flexibility index (Phi) is 5.81. The molecular weight excluding hydrogens is 367 g/mol. The third kappa shape index (κ3) is 4.60. The Morgan fingerprint density at radius 2 is 1.59 bits per heavy atom. The van der Waals surface area contributed by atoms with Gasteiger partial charge in [0.15, 0.2) is 0 Å². The van der Waals surface area contributed by atoms with E-state index in [2.05, 4.69) is 20.1 Å². The van der Waals surface area contributed by atoms with Gasteiger partial charge in [0.25, 0.3) is 0 Å². The molecule has 0 radical (unpaired) electrons. The SMILES string of the molecule is O=C(Nc1ccc(F)cc1)[C@H](c1ccccc1)N1CCN(c2ccccn2)CC1. The Morgan fingerprint density at radius 1 is 0.897 bits per heavy atom. The predicted molar refractivity (Wildman–Crippen MR) is 112 cm³/mol. The summed E-state index contributed by atoms with van der Waals surface area (Å²) in [6.45, 7) is 3.08. The van der Waals surface area contributed by atoms with Crippen molar-refractivity contribution in [3.63, 3.8) is 0 Å². The van der Waals surface area contributed by atoms with Crippen LogP contribution in [0.1, 0.15) is 11.6 Å².